The van der Waals surface area contributed by atoms with Gasteiger partial charge >= 0.3 is 0 Å². The Morgan fingerprint density at radius 2 is 2.03 bits per heavy atom. The molecule has 0 radical (unpaired) electrons. The number of aromatic amines is 1. The second-order valence-electron chi connectivity index (χ2n) is 9.59. The van der Waals surface area contributed by atoms with Crippen molar-refractivity contribution in [1.29, 1.82) is 0 Å². The maximum atomic E-state index is 13.6. The number of halogens is 3. The SMILES string of the molecule is Cc1cc2cn[nH]c2c(C(=O)NC2(C3CC3)CC2)c1NC(=O)c1cc(C(F)F)nn1-c1ncccc1Cl. The molecular weight excluding hydrogens is 504 g/mol. The Kier molecular flexibility index (Phi) is 5.48. The first kappa shape index (κ1) is 23.5. The van der Waals surface area contributed by atoms with E-state index in [0.29, 0.717) is 22.4 Å². The van der Waals surface area contributed by atoms with Gasteiger partial charge in [-0.25, -0.2) is 18.4 Å². The van der Waals surface area contributed by atoms with Gasteiger partial charge in [-0.2, -0.15) is 10.2 Å². The number of carbonyl (C=O) groups is 2. The topological polar surface area (TPSA) is 118 Å². The van der Waals surface area contributed by atoms with Gasteiger partial charge in [-0.05, 0) is 68.4 Å². The number of pyridine rings is 1. The van der Waals surface area contributed by atoms with Crippen LogP contribution in [0.5, 0.6) is 0 Å². The fourth-order valence-electron chi connectivity index (χ4n) is 4.86. The van der Waals surface area contributed by atoms with E-state index in [4.69, 9.17) is 11.6 Å². The van der Waals surface area contributed by atoms with Gasteiger partial charge in [0.2, 0.25) is 0 Å². The molecule has 6 rings (SSSR count). The molecule has 0 aliphatic heterocycles. The van der Waals surface area contributed by atoms with Crippen molar-refractivity contribution in [3.63, 3.8) is 0 Å². The van der Waals surface area contributed by atoms with E-state index in [1.165, 1.54) is 12.3 Å². The molecular formula is C25H22ClF2N7O2. The van der Waals surface area contributed by atoms with Gasteiger partial charge in [-0.15, -0.1) is 0 Å². The summed E-state index contributed by atoms with van der Waals surface area (Å²) < 4.78 is 28.1. The lowest BCUT2D eigenvalue weighted by Crippen LogP contribution is -2.39. The molecule has 9 nitrogen and oxygen atoms in total. The first-order chi connectivity index (χ1) is 17.8. The molecule has 190 valence electrons. The lowest BCUT2D eigenvalue weighted by atomic mass is 10.0. The average Bonchev–Trinajstić information content (AvgIpc) is 3.77. The summed E-state index contributed by atoms with van der Waals surface area (Å²) in [5.74, 6) is -0.575. The molecule has 1 aromatic carbocycles. The molecule has 3 heterocycles. The molecule has 12 heteroatoms. The molecule has 2 saturated carbocycles. The number of benzene rings is 1. The van der Waals surface area contributed by atoms with Gasteiger partial charge in [0.25, 0.3) is 18.2 Å². The van der Waals surface area contributed by atoms with Crippen molar-refractivity contribution in [2.24, 2.45) is 5.92 Å². The third kappa shape index (κ3) is 4.12. The maximum Gasteiger partial charge on any atom is 0.282 e. The summed E-state index contributed by atoms with van der Waals surface area (Å²) in [5, 5.41) is 17.6. The van der Waals surface area contributed by atoms with Crippen LogP contribution in [0.4, 0.5) is 14.5 Å². The number of rotatable bonds is 7. The predicted octanol–water partition coefficient (Wildman–Crippen LogP) is 4.97. The van der Waals surface area contributed by atoms with E-state index in [1.807, 2.05) is 0 Å². The van der Waals surface area contributed by atoms with Gasteiger partial charge in [0.05, 0.1) is 28.0 Å². The first-order valence-electron chi connectivity index (χ1n) is 11.9. The molecule has 2 fully saturated rings. The van der Waals surface area contributed by atoms with Crippen LogP contribution >= 0.6 is 11.6 Å². The molecule has 0 spiro atoms. The highest BCUT2D eigenvalue weighted by Crippen LogP contribution is 2.54. The zero-order valence-electron chi connectivity index (χ0n) is 19.7. The van der Waals surface area contributed by atoms with Crippen LogP contribution in [0.2, 0.25) is 5.02 Å². The van der Waals surface area contributed by atoms with Crippen LogP contribution in [-0.2, 0) is 0 Å². The highest BCUT2D eigenvalue weighted by molar-refractivity contribution is 6.32. The van der Waals surface area contributed by atoms with Crippen LogP contribution in [0.1, 0.15) is 64.2 Å². The van der Waals surface area contributed by atoms with E-state index in [1.54, 1.807) is 25.3 Å². The summed E-state index contributed by atoms with van der Waals surface area (Å²) in [6.07, 6.45) is 4.11. The van der Waals surface area contributed by atoms with Crippen LogP contribution in [0.25, 0.3) is 16.7 Å². The number of anilines is 1. The van der Waals surface area contributed by atoms with E-state index < -0.39 is 18.0 Å². The van der Waals surface area contributed by atoms with E-state index in [2.05, 4.69) is 30.9 Å². The summed E-state index contributed by atoms with van der Waals surface area (Å²) in [5.41, 5.74) is 0.565. The van der Waals surface area contributed by atoms with Gasteiger partial charge in [0.1, 0.15) is 11.4 Å². The van der Waals surface area contributed by atoms with E-state index in [-0.39, 0.29) is 39.2 Å². The van der Waals surface area contributed by atoms with Crippen molar-refractivity contribution in [1.82, 2.24) is 30.3 Å². The standard InChI is InChI=1S/C25H22ClF2N7O2/c1-12-9-13-11-30-33-20(13)18(24(37)32-25(6-7-25)14-4-5-14)19(12)31-23(36)17-10-16(21(27)28)34-35(17)22-15(26)3-2-8-29-22/h2-3,8-11,14,21H,4-7H2,1H3,(H,30,33)(H,31,36)(H,32,37). The van der Waals surface area contributed by atoms with Gasteiger partial charge < -0.3 is 10.6 Å². The van der Waals surface area contributed by atoms with Gasteiger partial charge in [-0.3, -0.25) is 14.7 Å². The highest BCUT2D eigenvalue weighted by Gasteiger charge is 2.55. The van der Waals surface area contributed by atoms with Crippen LogP contribution in [0, 0.1) is 12.8 Å². The molecule has 0 atom stereocenters. The molecule has 2 amide bonds. The molecule has 37 heavy (non-hydrogen) atoms. The molecule has 3 aromatic heterocycles. The second-order valence-corrected chi connectivity index (χ2v) is 10.00. The van der Waals surface area contributed by atoms with Gasteiger partial charge in [0, 0.05) is 17.1 Å². The zero-order chi connectivity index (χ0) is 25.9. The quantitative estimate of drug-likeness (QED) is 0.315. The lowest BCUT2D eigenvalue weighted by Gasteiger charge is -2.20. The van der Waals surface area contributed by atoms with Crippen molar-refractivity contribution in [2.45, 2.75) is 44.6 Å². The molecule has 2 aliphatic rings. The largest absolute Gasteiger partial charge is 0.346 e. The average molecular weight is 526 g/mol. The smallest absolute Gasteiger partial charge is 0.282 e. The van der Waals surface area contributed by atoms with Gasteiger partial charge in [0.15, 0.2) is 5.82 Å². The number of aromatic nitrogens is 5. The van der Waals surface area contributed by atoms with Crippen molar-refractivity contribution in [3.05, 3.63) is 64.2 Å². The predicted molar refractivity (Wildman–Crippen MR) is 132 cm³/mol. The molecule has 0 bridgehead atoms. The summed E-state index contributed by atoms with van der Waals surface area (Å²) in [7, 11) is 0. The molecule has 0 unspecified atom stereocenters. The number of H-pyrrole nitrogens is 1. The van der Waals surface area contributed by atoms with E-state index in [9.17, 15) is 18.4 Å². The first-order valence-corrected chi connectivity index (χ1v) is 12.2. The molecule has 2 aliphatic carbocycles. The normalized spacial score (nSPS) is 16.2. The highest BCUT2D eigenvalue weighted by atomic mass is 35.5. The number of aryl methyl sites for hydroxylation is 1. The van der Waals surface area contributed by atoms with E-state index in [0.717, 1.165) is 36.4 Å². The van der Waals surface area contributed by atoms with Crippen molar-refractivity contribution < 1.29 is 18.4 Å². The van der Waals surface area contributed by atoms with Crippen molar-refractivity contribution >= 4 is 40.0 Å². The number of hydrogen-bond donors (Lipinski definition) is 3. The summed E-state index contributed by atoms with van der Waals surface area (Å²) in [6.45, 7) is 1.75. The fourth-order valence-corrected chi connectivity index (χ4v) is 5.06. The summed E-state index contributed by atoms with van der Waals surface area (Å²) >= 11 is 6.22. The third-order valence-corrected chi connectivity index (χ3v) is 7.33. The number of amides is 2. The van der Waals surface area contributed by atoms with Crippen molar-refractivity contribution in [2.75, 3.05) is 5.32 Å². The third-order valence-electron chi connectivity index (χ3n) is 7.03. The minimum atomic E-state index is -2.92. The number of hydrogen-bond acceptors (Lipinski definition) is 5. The van der Waals surface area contributed by atoms with Crippen LogP contribution in [0.15, 0.2) is 36.7 Å². The summed E-state index contributed by atoms with van der Waals surface area (Å²) in [6, 6.07) is 5.87. The number of nitrogens with one attached hydrogen (secondary N) is 3. The Labute approximate surface area is 214 Å². The monoisotopic (exact) mass is 525 g/mol. The molecule has 4 aromatic rings. The van der Waals surface area contributed by atoms with Crippen LogP contribution in [-0.4, -0.2) is 42.3 Å². The number of nitrogens with zero attached hydrogens (tertiary/aromatic N) is 4. The lowest BCUT2D eigenvalue weighted by molar-refractivity contribution is 0.0928. The summed E-state index contributed by atoms with van der Waals surface area (Å²) in [4.78, 5) is 31.2. The molecule has 0 saturated heterocycles. The maximum absolute atomic E-state index is 13.6. The Hall–Kier alpha value is -3.86. The Morgan fingerprint density at radius 1 is 1.24 bits per heavy atom. The minimum Gasteiger partial charge on any atom is -0.346 e. The van der Waals surface area contributed by atoms with Crippen molar-refractivity contribution in [3.8, 4) is 5.82 Å². The fraction of sp³-hybridized carbons (Fsp3) is 0.320. The Morgan fingerprint density at radius 3 is 2.70 bits per heavy atom. The molecule has 3 N–H and O–H groups in total. The Balaban J connectivity index is 1.41. The van der Waals surface area contributed by atoms with Gasteiger partial charge in [-0.1, -0.05) is 11.6 Å². The van der Waals surface area contributed by atoms with Crippen LogP contribution < -0.4 is 10.6 Å². The number of carbonyl (C=O) groups excluding carboxylic acids is 2. The zero-order valence-corrected chi connectivity index (χ0v) is 20.4. The van der Waals surface area contributed by atoms with Crippen LogP contribution in [0.3, 0.4) is 0 Å². The van der Waals surface area contributed by atoms with E-state index >= 15 is 0 Å². The number of fused-ring (bicyclic) bond motifs is 1. The number of alkyl halides is 2. The minimum absolute atomic E-state index is 0.0278. The second kappa shape index (κ2) is 8.62. The Bertz CT molecular complexity index is 1560.